The van der Waals surface area contributed by atoms with Gasteiger partial charge in [0, 0.05) is 0 Å². The van der Waals surface area contributed by atoms with Crippen molar-refractivity contribution in [2.24, 2.45) is 0 Å². The van der Waals surface area contributed by atoms with Crippen LogP contribution >= 0.6 is 0 Å². The van der Waals surface area contributed by atoms with Gasteiger partial charge in [0.25, 0.3) is 5.82 Å². The monoisotopic (exact) mass is 284 g/mol. The van der Waals surface area contributed by atoms with E-state index >= 15 is 0 Å². The Balaban J connectivity index is 0.00000128. The number of fused-ring (bicyclic) bond motifs is 1. The number of aromatic nitrogens is 2. The molecule has 88 valence electrons. The van der Waals surface area contributed by atoms with Crippen LogP contribution in [0, 0.1) is 0 Å². The lowest BCUT2D eigenvalue weighted by atomic mass is 10.3. The number of rotatable bonds is 3. The first-order valence-electron chi connectivity index (χ1n) is 5.44. The molecule has 0 unspecified atom stereocenters. The molecule has 2 rings (SSSR count). The van der Waals surface area contributed by atoms with Gasteiger partial charge in [0.2, 0.25) is 0 Å². The van der Waals surface area contributed by atoms with Gasteiger partial charge in [0.15, 0.2) is 11.0 Å². The topological polar surface area (TPSA) is 29.0 Å². The molecule has 0 saturated heterocycles. The van der Waals surface area contributed by atoms with Crippen molar-refractivity contribution in [3.63, 3.8) is 0 Å². The van der Waals surface area contributed by atoms with Gasteiger partial charge in [-0.3, -0.25) is 0 Å². The molecule has 0 amide bonds. The van der Waals surface area contributed by atoms with Crippen molar-refractivity contribution in [1.29, 1.82) is 0 Å². The standard InChI is InChI=1S/C12H17N2O.BrH/c1-3-13-10-7-5-6-8-11(10)14(4-2)12(13)9-15;/h5-8,15H,3-4,9H2,1-2H3;1H/q+1;/p-1. The van der Waals surface area contributed by atoms with Crippen molar-refractivity contribution in [3.05, 3.63) is 30.1 Å². The van der Waals surface area contributed by atoms with Gasteiger partial charge < -0.3 is 22.1 Å². The van der Waals surface area contributed by atoms with Crippen molar-refractivity contribution < 1.29 is 26.7 Å². The molecule has 0 aliphatic heterocycles. The number of aliphatic hydroxyl groups is 1. The summed E-state index contributed by atoms with van der Waals surface area (Å²) < 4.78 is 4.33. The van der Waals surface area contributed by atoms with Crippen LogP contribution in [0.3, 0.4) is 0 Å². The average molecular weight is 285 g/mol. The maximum Gasteiger partial charge on any atom is 0.283 e. The van der Waals surface area contributed by atoms with Gasteiger partial charge in [0.1, 0.15) is 6.61 Å². The number of hydrogen-bond acceptors (Lipinski definition) is 1. The molecule has 0 radical (unpaired) electrons. The molecule has 0 fully saturated rings. The third-order valence-electron chi connectivity index (χ3n) is 2.86. The van der Waals surface area contributed by atoms with Gasteiger partial charge in [-0.25, -0.2) is 9.13 Å². The van der Waals surface area contributed by atoms with Crippen molar-refractivity contribution in [2.45, 2.75) is 33.5 Å². The minimum atomic E-state index is 0. The van der Waals surface area contributed by atoms with Gasteiger partial charge in [-0.2, -0.15) is 0 Å². The summed E-state index contributed by atoms with van der Waals surface area (Å²) in [6.07, 6.45) is 0. The Morgan fingerprint density at radius 1 is 1.25 bits per heavy atom. The summed E-state index contributed by atoms with van der Waals surface area (Å²) in [7, 11) is 0. The summed E-state index contributed by atoms with van der Waals surface area (Å²) in [5.74, 6) is 0.987. The third-order valence-corrected chi connectivity index (χ3v) is 2.86. The molecule has 0 aliphatic carbocycles. The number of benzene rings is 1. The Bertz CT molecular complexity index is 438. The molecule has 4 heteroatoms. The zero-order valence-electron chi connectivity index (χ0n) is 9.65. The Hall–Kier alpha value is -0.870. The van der Waals surface area contributed by atoms with Crippen LogP contribution < -0.4 is 21.5 Å². The fourth-order valence-corrected chi connectivity index (χ4v) is 2.22. The molecular weight excluding hydrogens is 268 g/mol. The van der Waals surface area contributed by atoms with Crippen LogP contribution in [0.2, 0.25) is 0 Å². The highest BCUT2D eigenvalue weighted by Crippen LogP contribution is 2.14. The quantitative estimate of drug-likeness (QED) is 0.681. The van der Waals surface area contributed by atoms with Crippen molar-refractivity contribution in [2.75, 3.05) is 0 Å². The van der Waals surface area contributed by atoms with Crippen molar-refractivity contribution in [1.82, 2.24) is 4.57 Å². The fourth-order valence-electron chi connectivity index (χ4n) is 2.22. The molecule has 3 nitrogen and oxygen atoms in total. The van der Waals surface area contributed by atoms with Gasteiger partial charge in [-0.1, -0.05) is 12.1 Å². The molecule has 0 atom stereocenters. The first-order valence-corrected chi connectivity index (χ1v) is 5.44. The number of nitrogens with zero attached hydrogens (tertiary/aromatic N) is 2. The molecule has 0 aliphatic rings. The minimum absolute atomic E-state index is 0. The predicted molar refractivity (Wildman–Crippen MR) is 59.4 cm³/mol. The van der Waals surface area contributed by atoms with E-state index in [-0.39, 0.29) is 23.6 Å². The average Bonchev–Trinajstić information content (AvgIpc) is 2.61. The smallest absolute Gasteiger partial charge is 0.283 e. The second-order valence-corrected chi connectivity index (χ2v) is 3.55. The lowest BCUT2D eigenvalue weighted by molar-refractivity contribution is -0.678. The molecule has 1 aromatic heterocycles. The largest absolute Gasteiger partial charge is 1.00 e. The van der Waals surface area contributed by atoms with E-state index in [1.54, 1.807) is 0 Å². The number of aryl methyl sites for hydroxylation is 2. The molecular formula is C12H17BrN2O. The summed E-state index contributed by atoms with van der Waals surface area (Å²) >= 11 is 0. The summed E-state index contributed by atoms with van der Waals surface area (Å²) in [6.45, 7) is 6.08. The first kappa shape index (κ1) is 13.2. The Morgan fingerprint density at radius 2 is 1.94 bits per heavy atom. The number of hydrogen-bond donors (Lipinski definition) is 1. The summed E-state index contributed by atoms with van der Waals surface area (Å²) in [5.41, 5.74) is 2.40. The lowest BCUT2D eigenvalue weighted by Gasteiger charge is -1.97. The Kier molecular flexibility index (Phi) is 4.50. The highest BCUT2D eigenvalue weighted by molar-refractivity contribution is 5.72. The molecule has 1 aromatic carbocycles. The van der Waals surface area contributed by atoms with Crippen LogP contribution in [-0.2, 0) is 19.7 Å². The van der Waals surface area contributed by atoms with E-state index in [2.05, 4.69) is 35.1 Å². The number of halogens is 1. The zero-order valence-corrected chi connectivity index (χ0v) is 11.2. The van der Waals surface area contributed by atoms with Gasteiger partial charge in [-0.15, -0.1) is 0 Å². The molecule has 0 spiro atoms. The SMILES string of the molecule is CCn1c(CO)[n+](CC)c2ccccc21.[Br-]. The van der Waals surface area contributed by atoms with E-state index in [0.717, 1.165) is 18.9 Å². The van der Waals surface area contributed by atoms with E-state index in [4.69, 9.17) is 0 Å². The zero-order chi connectivity index (χ0) is 10.8. The maximum absolute atomic E-state index is 9.42. The normalized spacial score (nSPS) is 10.4. The third kappa shape index (κ3) is 1.87. The molecule has 1 N–H and O–H groups in total. The Labute approximate surface area is 106 Å². The Morgan fingerprint density at radius 3 is 2.50 bits per heavy atom. The van der Waals surface area contributed by atoms with E-state index in [1.807, 2.05) is 12.1 Å². The number of aliphatic hydroxyl groups excluding tert-OH is 1. The van der Waals surface area contributed by atoms with E-state index in [1.165, 1.54) is 11.0 Å². The maximum atomic E-state index is 9.42. The van der Waals surface area contributed by atoms with Gasteiger partial charge in [0.05, 0.1) is 13.1 Å². The predicted octanol–water partition coefficient (Wildman–Crippen LogP) is -1.54. The van der Waals surface area contributed by atoms with Crippen LogP contribution in [0.25, 0.3) is 11.0 Å². The number of imidazole rings is 1. The minimum Gasteiger partial charge on any atom is -1.00 e. The molecule has 1 heterocycles. The van der Waals surface area contributed by atoms with Crippen molar-refractivity contribution in [3.8, 4) is 0 Å². The van der Waals surface area contributed by atoms with Crippen LogP contribution in [-0.4, -0.2) is 9.67 Å². The van der Waals surface area contributed by atoms with Crippen LogP contribution in [0.15, 0.2) is 24.3 Å². The van der Waals surface area contributed by atoms with Crippen molar-refractivity contribution >= 4 is 11.0 Å². The lowest BCUT2D eigenvalue weighted by Crippen LogP contribution is -3.00. The molecule has 0 saturated carbocycles. The molecule has 16 heavy (non-hydrogen) atoms. The van der Waals surface area contributed by atoms with Gasteiger partial charge in [-0.05, 0) is 26.0 Å². The van der Waals surface area contributed by atoms with E-state index in [9.17, 15) is 5.11 Å². The second-order valence-electron chi connectivity index (χ2n) is 3.55. The number of para-hydroxylation sites is 2. The molecule has 2 aromatic rings. The van der Waals surface area contributed by atoms with Crippen LogP contribution in [0.1, 0.15) is 19.7 Å². The van der Waals surface area contributed by atoms with E-state index in [0.29, 0.717) is 0 Å². The highest BCUT2D eigenvalue weighted by atomic mass is 79.9. The van der Waals surface area contributed by atoms with Crippen LogP contribution in [0.4, 0.5) is 0 Å². The summed E-state index contributed by atoms with van der Waals surface area (Å²) in [5, 5.41) is 9.42. The second kappa shape index (κ2) is 5.46. The first-order chi connectivity index (χ1) is 7.33. The summed E-state index contributed by atoms with van der Waals surface area (Å²) in [6, 6.07) is 8.28. The molecule has 0 bridgehead atoms. The van der Waals surface area contributed by atoms with Gasteiger partial charge >= 0.3 is 0 Å². The summed E-state index contributed by atoms with van der Waals surface area (Å²) in [4.78, 5) is 0. The van der Waals surface area contributed by atoms with Crippen LogP contribution in [0.5, 0.6) is 0 Å². The highest BCUT2D eigenvalue weighted by Gasteiger charge is 2.21. The fraction of sp³-hybridized carbons (Fsp3) is 0.417. The van der Waals surface area contributed by atoms with E-state index < -0.39 is 0 Å².